The molecule has 6 rings (SSSR count). The van der Waals surface area contributed by atoms with E-state index in [1.165, 1.54) is 29.8 Å². The Hall–Kier alpha value is -4.54. The maximum atomic E-state index is 14.0. The number of hydrogen-bond donors (Lipinski definition) is 0. The van der Waals surface area contributed by atoms with Gasteiger partial charge < -0.3 is 9.47 Å². The fourth-order valence-electron chi connectivity index (χ4n) is 4.86. The highest BCUT2D eigenvalue weighted by Crippen LogP contribution is 2.33. The van der Waals surface area contributed by atoms with Crippen LogP contribution in [-0.2, 0) is 9.53 Å². The Balaban J connectivity index is 1.54. The van der Waals surface area contributed by atoms with E-state index in [-0.39, 0.29) is 5.56 Å². The molecule has 1 aliphatic rings. The lowest BCUT2D eigenvalue weighted by atomic mass is 10.0. The maximum absolute atomic E-state index is 14.0. The SMILES string of the molecule is CCOc1ccc(-c2nn(-c3ccccc3)cc2C=c2sc3n(c2=O)C(c2cccs2)C(C(=O)OC)=C(C)N=3)cc1. The molecule has 10 heteroatoms. The minimum absolute atomic E-state index is 0.230. The number of carbonyl (C=O) groups is 1. The monoisotopic (exact) mass is 582 g/mol. The number of carbonyl (C=O) groups excluding carboxylic acids is 1. The molecule has 0 saturated carbocycles. The molecule has 0 saturated heterocycles. The van der Waals surface area contributed by atoms with Gasteiger partial charge in [0.2, 0.25) is 0 Å². The summed E-state index contributed by atoms with van der Waals surface area (Å²) in [6.45, 7) is 4.30. The number of rotatable bonds is 7. The number of benzene rings is 2. The standard InChI is InChI=1S/C31H26N4O4S2/c1-4-39-23-14-12-20(13-15-23)27-21(18-34(33-27)22-9-6-5-7-10-22)17-25-29(36)35-28(24-11-8-16-40-24)26(30(37)38-3)19(2)32-31(35)41-25/h5-18,28H,4H2,1-3H3. The van der Waals surface area contributed by atoms with Crippen LogP contribution in [0.5, 0.6) is 5.75 Å². The fourth-order valence-corrected chi connectivity index (χ4v) is 6.72. The third-order valence-corrected chi connectivity index (χ3v) is 8.64. The molecule has 3 aromatic heterocycles. The van der Waals surface area contributed by atoms with E-state index in [2.05, 4.69) is 4.99 Å². The number of thiophene rings is 1. The average molecular weight is 583 g/mol. The first-order valence-electron chi connectivity index (χ1n) is 13.0. The van der Waals surface area contributed by atoms with Crippen LogP contribution < -0.4 is 19.6 Å². The third kappa shape index (κ3) is 4.96. The van der Waals surface area contributed by atoms with E-state index < -0.39 is 12.0 Å². The van der Waals surface area contributed by atoms with Gasteiger partial charge >= 0.3 is 5.97 Å². The van der Waals surface area contributed by atoms with Gasteiger partial charge in [-0.25, -0.2) is 14.5 Å². The summed E-state index contributed by atoms with van der Waals surface area (Å²) in [6.07, 6.45) is 3.77. The predicted octanol–water partition coefficient (Wildman–Crippen LogP) is 4.72. The Labute approximate surface area is 243 Å². The molecular weight excluding hydrogens is 556 g/mol. The normalized spacial score (nSPS) is 15.0. The summed E-state index contributed by atoms with van der Waals surface area (Å²) in [4.78, 5) is 32.9. The van der Waals surface area contributed by atoms with E-state index in [9.17, 15) is 9.59 Å². The number of para-hydroxylation sites is 1. The number of esters is 1. The molecule has 41 heavy (non-hydrogen) atoms. The lowest BCUT2D eigenvalue weighted by molar-refractivity contribution is -0.136. The van der Waals surface area contributed by atoms with Gasteiger partial charge in [-0.15, -0.1) is 11.3 Å². The lowest BCUT2D eigenvalue weighted by Gasteiger charge is -2.22. The summed E-state index contributed by atoms with van der Waals surface area (Å²) in [6, 6.07) is 20.8. The van der Waals surface area contributed by atoms with Crippen LogP contribution in [-0.4, -0.2) is 34.0 Å². The van der Waals surface area contributed by atoms with Crippen LogP contribution in [0.15, 0.2) is 99.4 Å². The highest BCUT2D eigenvalue weighted by molar-refractivity contribution is 7.10. The summed E-state index contributed by atoms with van der Waals surface area (Å²) in [7, 11) is 1.34. The van der Waals surface area contributed by atoms with Crippen molar-refractivity contribution < 1.29 is 14.3 Å². The Kier molecular flexibility index (Phi) is 7.25. The Bertz CT molecular complexity index is 1930. The van der Waals surface area contributed by atoms with Gasteiger partial charge in [-0.3, -0.25) is 9.36 Å². The van der Waals surface area contributed by atoms with Crippen molar-refractivity contribution in [3.63, 3.8) is 0 Å². The zero-order valence-electron chi connectivity index (χ0n) is 22.6. The van der Waals surface area contributed by atoms with Crippen molar-refractivity contribution in [2.24, 2.45) is 4.99 Å². The number of thiazole rings is 1. The molecule has 8 nitrogen and oxygen atoms in total. The van der Waals surface area contributed by atoms with Crippen LogP contribution >= 0.6 is 22.7 Å². The van der Waals surface area contributed by atoms with Crippen molar-refractivity contribution >= 4 is 34.7 Å². The molecular formula is C31H26N4O4S2. The number of allylic oxidation sites excluding steroid dienone is 1. The Morgan fingerprint density at radius 2 is 1.85 bits per heavy atom. The van der Waals surface area contributed by atoms with Crippen LogP contribution in [0.1, 0.15) is 30.3 Å². The largest absolute Gasteiger partial charge is 0.494 e. The quantitative estimate of drug-likeness (QED) is 0.259. The minimum Gasteiger partial charge on any atom is -0.494 e. The highest BCUT2D eigenvalue weighted by atomic mass is 32.1. The van der Waals surface area contributed by atoms with E-state index in [1.807, 2.05) is 96.0 Å². The minimum atomic E-state index is -0.613. The van der Waals surface area contributed by atoms with Crippen molar-refractivity contribution in [2.75, 3.05) is 13.7 Å². The van der Waals surface area contributed by atoms with Crippen molar-refractivity contribution in [1.82, 2.24) is 14.3 Å². The van der Waals surface area contributed by atoms with Crippen LogP contribution in [0, 0.1) is 0 Å². The number of ether oxygens (including phenoxy) is 2. The molecule has 0 bridgehead atoms. The van der Waals surface area contributed by atoms with Gasteiger partial charge in [0.25, 0.3) is 5.56 Å². The summed E-state index contributed by atoms with van der Waals surface area (Å²) in [5, 5.41) is 6.82. The second kappa shape index (κ2) is 11.1. The first kappa shape index (κ1) is 26.7. The van der Waals surface area contributed by atoms with Crippen molar-refractivity contribution in [3.8, 4) is 22.7 Å². The van der Waals surface area contributed by atoms with Gasteiger partial charge in [-0.1, -0.05) is 35.6 Å². The molecule has 0 spiro atoms. The third-order valence-electron chi connectivity index (χ3n) is 6.73. The van der Waals surface area contributed by atoms with Crippen molar-refractivity contribution in [2.45, 2.75) is 19.9 Å². The van der Waals surface area contributed by atoms with E-state index in [4.69, 9.17) is 14.6 Å². The molecule has 0 fully saturated rings. The average Bonchev–Trinajstić information content (AvgIpc) is 3.74. The molecule has 4 heterocycles. The molecule has 2 aromatic carbocycles. The summed E-state index contributed by atoms with van der Waals surface area (Å²) < 4.78 is 14.6. The molecule has 0 N–H and O–H groups in total. The van der Waals surface area contributed by atoms with Crippen LogP contribution in [0.3, 0.4) is 0 Å². The molecule has 0 aliphatic carbocycles. The number of fused-ring (bicyclic) bond motifs is 1. The van der Waals surface area contributed by atoms with Crippen LogP contribution in [0.25, 0.3) is 23.0 Å². The number of methoxy groups -OCH3 is 1. The molecule has 1 atom stereocenters. The maximum Gasteiger partial charge on any atom is 0.338 e. The predicted molar refractivity (Wildman–Crippen MR) is 160 cm³/mol. The van der Waals surface area contributed by atoms with Gasteiger partial charge in [0.1, 0.15) is 17.5 Å². The molecule has 1 aliphatic heterocycles. The van der Waals surface area contributed by atoms with E-state index >= 15 is 0 Å². The molecule has 0 amide bonds. The zero-order chi connectivity index (χ0) is 28.5. The van der Waals surface area contributed by atoms with Gasteiger partial charge in [0, 0.05) is 22.2 Å². The van der Waals surface area contributed by atoms with Crippen molar-refractivity contribution in [1.29, 1.82) is 0 Å². The fraction of sp³-hybridized carbons (Fsp3) is 0.161. The zero-order valence-corrected chi connectivity index (χ0v) is 24.2. The number of nitrogens with zero attached hydrogens (tertiary/aromatic N) is 4. The van der Waals surface area contributed by atoms with Gasteiger partial charge in [0.05, 0.1) is 35.2 Å². The second-order valence-corrected chi connectivity index (χ2v) is 11.2. The van der Waals surface area contributed by atoms with E-state index in [1.54, 1.807) is 11.5 Å². The Morgan fingerprint density at radius 1 is 1.07 bits per heavy atom. The first-order valence-corrected chi connectivity index (χ1v) is 14.7. The summed E-state index contributed by atoms with van der Waals surface area (Å²) >= 11 is 2.77. The summed E-state index contributed by atoms with van der Waals surface area (Å²) in [5.74, 6) is 0.278. The Morgan fingerprint density at radius 3 is 2.54 bits per heavy atom. The van der Waals surface area contributed by atoms with Gasteiger partial charge in [-0.05, 0) is 67.8 Å². The molecule has 206 valence electrons. The first-order chi connectivity index (χ1) is 20.0. The molecule has 0 radical (unpaired) electrons. The summed E-state index contributed by atoms with van der Waals surface area (Å²) in [5.41, 5.74) is 3.96. The second-order valence-electron chi connectivity index (χ2n) is 9.26. The smallest absolute Gasteiger partial charge is 0.338 e. The topological polar surface area (TPSA) is 87.7 Å². The molecule has 1 unspecified atom stereocenters. The number of aromatic nitrogens is 3. The van der Waals surface area contributed by atoms with Crippen molar-refractivity contribution in [3.05, 3.63) is 120 Å². The van der Waals surface area contributed by atoms with Gasteiger partial charge in [-0.2, -0.15) is 5.10 Å². The van der Waals surface area contributed by atoms with Gasteiger partial charge in [0.15, 0.2) is 4.80 Å². The molecule has 5 aromatic rings. The van der Waals surface area contributed by atoms with Crippen LogP contribution in [0.4, 0.5) is 0 Å². The van der Waals surface area contributed by atoms with E-state index in [0.29, 0.717) is 27.2 Å². The lowest BCUT2D eigenvalue weighted by Crippen LogP contribution is -2.39. The number of hydrogen-bond acceptors (Lipinski definition) is 8. The van der Waals surface area contributed by atoms with E-state index in [0.717, 1.165) is 33.1 Å². The van der Waals surface area contributed by atoms with Crippen LogP contribution in [0.2, 0.25) is 0 Å². The highest BCUT2D eigenvalue weighted by Gasteiger charge is 2.33.